The van der Waals surface area contributed by atoms with Crippen molar-refractivity contribution in [1.82, 2.24) is 4.90 Å². The molecule has 18 heavy (non-hydrogen) atoms. The minimum atomic E-state index is -1.12. The summed E-state index contributed by atoms with van der Waals surface area (Å²) >= 11 is 0. The molecule has 0 aromatic heterocycles. The fourth-order valence-electron chi connectivity index (χ4n) is 1.55. The second kappa shape index (κ2) is 8.49. The van der Waals surface area contributed by atoms with E-state index in [4.69, 9.17) is 10.2 Å². The highest BCUT2D eigenvalue weighted by molar-refractivity contribution is 5.83. The first-order chi connectivity index (χ1) is 8.40. The number of hydrogen-bond acceptors (Lipinski definition) is 3. The lowest BCUT2D eigenvalue weighted by Crippen LogP contribution is -2.44. The third kappa shape index (κ3) is 6.22. The Morgan fingerprint density at radius 2 is 1.72 bits per heavy atom. The molecule has 1 unspecified atom stereocenters. The van der Waals surface area contributed by atoms with Crippen molar-refractivity contribution in [3.8, 4) is 0 Å². The summed E-state index contributed by atoms with van der Waals surface area (Å²) in [4.78, 5) is 34.3. The largest absolute Gasteiger partial charge is 0.481 e. The van der Waals surface area contributed by atoms with E-state index in [1.165, 1.54) is 6.92 Å². The summed E-state index contributed by atoms with van der Waals surface area (Å²) in [6.45, 7) is 3.34. The number of rotatable bonds is 9. The predicted octanol–water partition coefficient (Wildman–Crippen LogP) is 1.34. The zero-order chi connectivity index (χ0) is 14.1. The van der Waals surface area contributed by atoms with Gasteiger partial charge in [0.05, 0.1) is 6.42 Å². The van der Waals surface area contributed by atoms with Gasteiger partial charge < -0.3 is 15.1 Å². The standard InChI is InChI=1S/C12H21NO5/c1-3-4-5-6-10(14)13(8-7-11(15)16)9(2)12(17)18/h9H,3-8H2,1-2H3,(H,15,16)(H,17,18). The van der Waals surface area contributed by atoms with Crippen LogP contribution in [-0.2, 0) is 14.4 Å². The molecule has 0 fully saturated rings. The fourth-order valence-corrected chi connectivity index (χ4v) is 1.55. The van der Waals surface area contributed by atoms with Crippen LogP contribution in [0, 0.1) is 0 Å². The van der Waals surface area contributed by atoms with E-state index in [1.54, 1.807) is 0 Å². The molecular formula is C12H21NO5. The van der Waals surface area contributed by atoms with E-state index in [-0.39, 0.29) is 25.3 Å². The monoisotopic (exact) mass is 259 g/mol. The van der Waals surface area contributed by atoms with Gasteiger partial charge >= 0.3 is 11.9 Å². The molecule has 1 atom stereocenters. The first kappa shape index (κ1) is 16.4. The van der Waals surface area contributed by atoms with Crippen molar-refractivity contribution in [3.05, 3.63) is 0 Å². The van der Waals surface area contributed by atoms with Crippen LogP contribution >= 0.6 is 0 Å². The van der Waals surface area contributed by atoms with Crippen molar-refractivity contribution in [2.75, 3.05) is 6.54 Å². The Morgan fingerprint density at radius 3 is 2.17 bits per heavy atom. The summed E-state index contributed by atoms with van der Waals surface area (Å²) in [7, 11) is 0. The lowest BCUT2D eigenvalue weighted by Gasteiger charge is -2.26. The Kier molecular flexibility index (Phi) is 7.74. The Hall–Kier alpha value is -1.59. The second-order valence-electron chi connectivity index (χ2n) is 4.20. The molecule has 0 aliphatic heterocycles. The Morgan fingerprint density at radius 1 is 1.11 bits per heavy atom. The fraction of sp³-hybridized carbons (Fsp3) is 0.750. The number of hydrogen-bond donors (Lipinski definition) is 2. The van der Waals surface area contributed by atoms with Gasteiger partial charge in [0.25, 0.3) is 0 Å². The van der Waals surface area contributed by atoms with Gasteiger partial charge in [0, 0.05) is 13.0 Å². The molecule has 0 aromatic carbocycles. The highest BCUT2D eigenvalue weighted by Crippen LogP contribution is 2.08. The highest BCUT2D eigenvalue weighted by atomic mass is 16.4. The normalized spacial score (nSPS) is 11.9. The van der Waals surface area contributed by atoms with Gasteiger partial charge in [-0.05, 0) is 13.3 Å². The van der Waals surface area contributed by atoms with Crippen molar-refractivity contribution < 1.29 is 24.6 Å². The number of aliphatic carboxylic acids is 2. The summed E-state index contributed by atoms with van der Waals surface area (Å²) in [5.41, 5.74) is 0. The average molecular weight is 259 g/mol. The molecule has 6 nitrogen and oxygen atoms in total. The van der Waals surface area contributed by atoms with Gasteiger partial charge in [0.2, 0.25) is 5.91 Å². The molecular weight excluding hydrogens is 238 g/mol. The minimum Gasteiger partial charge on any atom is -0.481 e. The van der Waals surface area contributed by atoms with Gasteiger partial charge in [-0.25, -0.2) is 4.79 Å². The lowest BCUT2D eigenvalue weighted by atomic mass is 10.1. The van der Waals surface area contributed by atoms with E-state index < -0.39 is 18.0 Å². The van der Waals surface area contributed by atoms with Gasteiger partial charge in [0.1, 0.15) is 6.04 Å². The molecule has 0 spiro atoms. The molecule has 104 valence electrons. The zero-order valence-corrected chi connectivity index (χ0v) is 10.9. The Labute approximate surface area is 107 Å². The molecule has 0 aromatic rings. The van der Waals surface area contributed by atoms with E-state index in [9.17, 15) is 14.4 Å². The molecule has 0 saturated carbocycles. The number of nitrogens with zero attached hydrogens (tertiary/aromatic N) is 1. The van der Waals surface area contributed by atoms with E-state index >= 15 is 0 Å². The molecule has 0 radical (unpaired) electrons. The molecule has 0 heterocycles. The van der Waals surface area contributed by atoms with Crippen LogP contribution in [0.15, 0.2) is 0 Å². The summed E-state index contributed by atoms with van der Waals surface area (Å²) in [5.74, 6) is -2.46. The zero-order valence-electron chi connectivity index (χ0n) is 10.9. The van der Waals surface area contributed by atoms with E-state index in [0.29, 0.717) is 6.42 Å². The summed E-state index contributed by atoms with van der Waals surface area (Å²) in [6, 6.07) is -0.988. The minimum absolute atomic E-state index is 0.0617. The lowest BCUT2D eigenvalue weighted by molar-refractivity contribution is -0.150. The van der Waals surface area contributed by atoms with Gasteiger partial charge in [-0.2, -0.15) is 0 Å². The summed E-state index contributed by atoms with van der Waals surface area (Å²) in [5, 5.41) is 17.5. The van der Waals surface area contributed by atoms with Crippen LogP contribution in [0.4, 0.5) is 0 Å². The third-order valence-electron chi connectivity index (χ3n) is 2.71. The maximum Gasteiger partial charge on any atom is 0.326 e. The molecule has 2 N–H and O–H groups in total. The van der Waals surface area contributed by atoms with Gasteiger partial charge in [-0.3, -0.25) is 9.59 Å². The number of carboxylic acid groups (broad SMARTS) is 2. The van der Waals surface area contributed by atoms with Crippen LogP contribution in [0.25, 0.3) is 0 Å². The van der Waals surface area contributed by atoms with Crippen molar-refractivity contribution in [1.29, 1.82) is 0 Å². The SMILES string of the molecule is CCCCCC(=O)N(CCC(=O)O)C(C)C(=O)O. The molecule has 0 aliphatic carbocycles. The van der Waals surface area contributed by atoms with Crippen LogP contribution in [0.1, 0.15) is 46.0 Å². The maximum absolute atomic E-state index is 11.8. The molecule has 6 heteroatoms. The maximum atomic E-state index is 11.8. The van der Waals surface area contributed by atoms with E-state index in [2.05, 4.69) is 0 Å². The quantitative estimate of drug-likeness (QED) is 0.609. The molecule has 0 bridgehead atoms. The second-order valence-corrected chi connectivity index (χ2v) is 4.20. The number of carboxylic acids is 2. The van der Waals surface area contributed by atoms with Crippen LogP contribution in [0.3, 0.4) is 0 Å². The van der Waals surface area contributed by atoms with Crippen LogP contribution in [0.5, 0.6) is 0 Å². The van der Waals surface area contributed by atoms with Gasteiger partial charge in [0.15, 0.2) is 0 Å². The van der Waals surface area contributed by atoms with Crippen LogP contribution < -0.4 is 0 Å². The highest BCUT2D eigenvalue weighted by Gasteiger charge is 2.25. The number of carbonyl (C=O) groups excluding carboxylic acids is 1. The van der Waals surface area contributed by atoms with Crippen LogP contribution in [0.2, 0.25) is 0 Å². The Bertz CT molecular complexity index is 303. The van der Waals surface area contributed by atoms with Crippen LogP contribution in [-0.4, -0.2) is 45.5 Å². The molecule has 0 rings (SSSR count). The van der Waals surface area contributed by atoms with Gasteiger partial charge in [-0.1, -0.05) is 19.8 Å². The number of carbonyl (C=O) groups is 3. The van der Waals surface area contributed by atoms with Crippen molar-refractivity contribution in [3.63, 3.8) is 0 Å². The number of amides is 1. The number of unbranched alkanes of at least 4 members (excludes halogenated alkanes) is 2. The summed E-state index contributed by atoms with van der Waals surface area (Å²) in [6.07, 6.45) is 2.60. The predicted molar refractivity (Wildman–Crippen MR) is 65.2 cm³/mol. The topological polar surface area (TPSA) is 94.9 Å². The molecule has 0 aliphatic rings. The Balaban J connectivity index is 4.48. The molecule has 0 saturated heterocycles. The van der Waals surface area contributed by atoms with Crippen molar-refractivity contribution >= 4 is 17.8 Å². The smallest absolute Gasteiger partial charge is 0.326 e. The molecule has 1 amide bonds. The van der Waals surface area contributed by atoms with Gasteiger partial charge in [-0.15, -0.1) is 0 Å². The van der Waals surface area contributed by atoms with Crippen molar-refractivity contribution in [2.24, 2.45) is 0 Å². The van der Waals surface area contributed by atoms with E-state index in [0.717, 1.165) is 17.7 Å². The first-order valence-electron chi connectivity index (χ1n) is 6.14. The summed E-state index contributed by atoms with van der Waals surface area (Å²) < 4.78 is 0. The first-order valence-corrected chi connectivity index (χ1v) is 6.14. The van der Waals surface area contributed by atoms with E-state index in [1.807, 2.05) is 6.92 Å². The average Bonchev–Trinajstić information content (AvgIpc) is 2.28. The third-order valence-corrected chi connectivity index (χ3v) is 2.71. The van der Waals surface area contributed by atoms with Crippen molar-refractivity contribution in [2.45, 2.75) is 52.0 Å².